The Morgan fingerprint density at radius 2 is 1.53 bits per heavy atom. The Balaban J connectivity index is 1.80. The molecule has 7 nitrogen and oxygen atoms in total. The van der Waals surface area contributed by atoms with E-state index in [1.165, 1.54) is 10.5 Å². The first-order valence-electron chi connectivity index (χ1n) is 9.20. The molecule has 2 aromatic carbocycles. The zero-order chi connectivity index (χ0) is 21.3. The summed E-state index contributed by atoms with van der Waals surface area (Å²) in [7, 11) is 0. The number of nitrogens with one attached hydrogen (secondary N) is 2. The van der Waals surface area contributed by atoms with Crippen LogP contribution in [0.5, 0.6) is 0 Å². The Hall–Kier alpha value is -3.78. The number of thiazole rings is 1. The van der Waals surface area contributed by atoms with Gasteiger partial charge in [-0.15, -0.1) is 0 Å². The highest BCUT2D eigenvalue weighted by atomic mass is 32.1. The second kappa shape index (κ2) is 7.92. The molecule has 0 aliphatic heterocycles. The molecular formula is C22H18N4O3S. The first kappa shape index (κ1) is 19.5. The lowest BCUT2D eigenvalue weighted by Gasteiger charge is -2.08. The van der Waals surface area contributed by atoms with Crippen LogP contribution in [0.2, 0.25) is 0 Å². The number of nitrogens with zero attached hydrogens (tertiary/aromatic N) is 2. The minimum atomic E-state index is -0.559. The topological polar surface area (TPSA) is 92.6 Å². The molecule has 2 aromatic heterocycles. The Morgan fingerprint density at radius 3 is 2.23 bits per heavy atom. The van der Waals surface area contributed by atoms with Crippen molar-refractivity contribution in [3.63, 3.8) is 0 Å². The van der Waals surface area contributed by atoms with E-state index in [0.717, 1.165) is 16.9 Å². The summed E-state index contributed by atoms with van der Waals surface area (Å²) in [6.07, 6.45) is 0. The fraction of sp³-hybridized carbons (Fsp3) is 0.0909. The number of benzene rings is 2. The Kier molecular flexibility index (Phi) is 5.16. The molecule has 8 heteroatoms. The van der Waals surface area contributed by atoms with Crippen LogP contribution in [0.15, 0.2) is 65.5 Å². The summed E-state index contributed by atoms with van der Waals surface area (Å²) in [5, 5.41) is 5.53. The van der Waals surface area contributed by atoms with Crippen molar-refractivity contribution in [2.45, 2.75) is 13.8 Å². The normalized spacial score (nSPS) is 10.7. The van der Waals surface area contributed by atoms with E-state index >= 15 is 0 Å². The summed E-state index contributed by atoms with van der Waals surface area (Å²) in [5.74, 6) is -1.04. The van der Waals surface area contributed by atoms with Crippen molar-refractivity contribution in [3.8, 4) is 0 Å². The van der Waals surface area contributed by atoms with Gasteiger partial charge in [0, 0.05) is 23.1 Å². The van der Waals surface area contributed by atoms with Gasteiger partial charge in [-0.3, -0.25) is 14.4 Å². The molecule has 4 rings (SSSR count). The highest BCUT2D eigenvalue weighted by molar-refractivity contribution is 7.19. The van der Waals surface area contributed by atoms with Crippen LogP contribution >= 0.6 is 11.3 Å². The molecule has 4 aromatic rings. The predicted molar refractivity (Wildman–Crippen MR) is 118 cm³/mol. The average molecular weight is 418 g/mol. The van der Waals surface area contributed by atoms with Crippen LogP contribution in [0.25, 0.3) is 4.96 Å². The van der Waals surface area contributed by atoms with Gasteiger partial charge in [-0.05, 0) is 38.1 Å². The number of fused-ring (bicyclic) bond motifs is 1. The lowest BCUT2D eigenvalue weighted by molar-refractivity contribution is 0.0989. The van der Waals surface area contributed by atoms with Gasteiger partial charge < -0.3 is 10.6 Å². The maximum Gasteiger partial charge on any atom is 0.274 e. The van der Waals surface area contributed by atoms with Crippen molar-refractivity contribution in [1.29, 1.82) is 0 Å². The number of hydrogen-bond acceptors (Lipinski definition) is 5. The van der Waals surface area contributed by atoms with E-state index in [-0.39, 0.29) is 15.5 Å². The number of aromatic nitrogens is 2. The summed E-state index contributed by atoms with van der Waals surface area (Å²) in [6, 6.07) is 17.5. The van der Waals surface area contributed by atoms with E-state index in [2.05, 4.69) is 15.6 Å². The molecule has 2 N–H and O–H groups in total. The van der Waals surface area contributed by atoms with Gasteiger partial charge in [0.05, 0.1) is 0 Å². The third-order valence-electron chi connectivity index (χ3n) is 4.41. The number of aryl methyl sites for hydroxylation is 2. The van der Waals surface area contributed by atoms with Crippen molar-refractivity contribution in [2.75, 3.05) is 10.6 Å². The summed E-state index contributed by atoms with van der Waals surface area (Å²) in [5.41, 5.74) is 2.26. The average Bonchev–Trinajstić information content (AvgIpc) is 3.10. The van der Waals surface area contributed by atoms with Gasteiger partial charge >= 0.3 is 0 Å². The van der Waals surface area contributed by atoms with E-state index < -0.39 is 17.4 Å². The minimum absolute atomic E-state index is 0.0403. The number of carbonyl (C=O) groups is 2. The van der Waals surface area contributed by atoms with Crippen LogP contribution < -0.4 is 16.2 Å². The van der Waals surface area contributed by atoms with Crippen molar-refractivity contribution in [1.82, 2.24) is 9.38 Å². The summed E-state index contributed by atoms with van der Waals surface area (Å²) in [4.78, 5) is 43.5. The molecule has 0 unspecified atom stereocenters. The summed E-state index contributed by atoms with van der Waals surface area (Å²) >= 11 is 1.000. The van der Waals surface area contributed by atoms with Gasteiger partial charge in [-0.25, -0.2) is 9.38 Å². The molecule has 30 heavy (non-hydrogen) atoms. The predicted octanol–water partition coefficient (Wildman–Crippen LogP) is 3.88. The molecular weight excluding hydrogens is 400 g/mol. The van der Waals surface area contributed by atoms with E-state index in [1.54, 1.807) is 43.3 Å². The smallest absolute Gasteiger partial charge is 0.274 e. The van der Waals surface area contributed by atoms with E-state index in [4.69, 9.17) is 0 Å². The summed E-state index contributed by atoms with van der Waals surface area (Å²) in [6.45, 7) is 3.63. The van der Waals surface area contributed by atoms with Crippen LogP contribution in [0, 0.1) is 13.8 Å². The zero-order valence-electron chi connectivity index (χ0n) is 16.3. The number of hydrogen-bond donors (Lipinski definition) is 2. The molecule has 0 bridgehead atoms. The quantitative estimate of drug-likeness (QED) is 0.526. The van der Waals surface area contributed by atoms with Gasteiger partial charge in [0.2, 0.25) is 0 Å². The Labute approximate surface area is 176 Å². The molecule has 2 heterocycles. The fourth-order valence-corrected chi connectivity index (χ4v) is 4.05. The number of amides is 2. The van der Waals surface area contributed by atoms with Crippen molar-refractivity contribution in [2.24, 2.45) is 0 Å². The first-order chi connectivity index (χ1) is 14.4. The van der Waals surface area contributed by atoms with Crippen molar-refractivity contribution in [3.05, 3.63) is 92.8 Å². The van der Waals surface area contributed by atoms with Gasteiger partial charge in [0.25, 0.3) is 17.4 Å². The summed E-state index contributed by atoms with van der Waals surface area (Å²) < 4.78 is 1.18. The maximum absolute atomic E-state index is 13.1. The standard InChI is InChI=1S/C22H18N4O3S/c1-13-8-10-16(11-9-13)24-20(28)18-19(21(29)25-15-6-4-3-5-7-15)30-22-23-14(2)12-17(27)26(18)22/h3-12H,1-2H3,(H,24,28)(H,25,29). The van der Waals surface area contributed by atoms with Gasteiger partial charge in [0.1, 0.15) is 10.6 Å². The van der Waals surface area contributed by atoms with Crippen LogP contribution in [-0.4, -0.2) is 21.2 Å². The third kappa shape index (κ3) is 3.85. The molecule has 0 saturated carbocycles. The first-order valence-corrected chi connectivity index (χ1v) is 10.0. The van der Waals surface area contributed by atoms with Crippen LogP contribution in [0.1, 0.15) is 31.4 Å². The second-order valence-electron chi connectivity index (χ2n) is 6.77. The largest absolute Gasteiger partial charge is 0.321 e. The SMILES string of the molecule is Cc1ccc(NC(=O)c2c(C(=O)Nc3ccccc3)sc3nc(C)cc(=O)n23)cc1. The van der Waals surface area contributed by atoms with Crippen molar-refractivity contribution >= 4 is 39.5 Å². The monoisotopic (exact) mass is 418 g/mol. The van der Waals surface area contributed by atoms with E-state index in [9.17, 15) is 14.4 Å². The second-order valence-corrected chi connectivity index (χ2v) is 7.75. The maximum atomic E-state index is 13.1. The molecule has 0 aliphatic carbocycles. The molecule has 0 atom stereocenters. The van der Waals surface area contributed by atoms with Crippen molar-refractivity contribution < 1.29 is 9.59 Å². The molecule has 0 aliphatic rings. The Bertz CT molecular complexity index is 1310. The highest BCUT2D eigenvalue weighted by Gasteiger charge is 2.26. The molecule has 0 spiro atoms. The number of anilines is 2. The van der Waals surface area contributed by atoms with Crippen LogP contribution in [0.3, 0.4) is 0 Å². The molecule has 0 saturated heterocycles. The highest BCUT2D eigenvalue weighted by Crippen LogP contribution is 2.24. The third-order valence-corrected chi connectivity index (χ3v) is 5.45. The number of rotatable bonds is 4. The zero-order valence-corrected chi connectivity index (χ0v) is 17.1. The van der Waals surface area contributed by atoms with Crippen LogP contribution in [0.4, 0.5) is 11.4 Å². The lowest BCUT2D eigenvalue weighted by Crippen LogP contribution is -2.25. The molecule has 0 fully saturated rings. The molecule has 0 radical (unpaired) electrons. The lowest BCUT2D eigenvalue weighted by atomic mass is 10.2. The molecule has 2 amide bonds. The minimum Gasteiger partial charge on any atom is -0.321 e. The van der Waals surface area contributed by atoms with Gasteiger partial charge in [-0.2, -0.15) is 0 Å². The molecule has 150 valence electrons. The number of para-hydroxylation sites is 1. The van der Waals surface area contributed by atoms with Gasteiger partial charge in [-0.1, -0.05) is 47.2 Å². The van der Waals surface area contributed by atoms with Crippen LogP contribution in [-0.2, 0) is 0 Å². The van der Waals surface area contributed by atoms with E-state index in [1.807, 2.05) is 25.1 Å². The number of carbonyl (C=O) groups excluding carboxylic acids is 2. The van der Waals surface area contributed by atoms with E-state index in [0.29, 0.717) is 17.1 Å². The van der Waals surface area contributed by atoms with Gasteiger partial charge in [0.15, 0.2) is 4.96 Å². The fourth-order valence-electron chi connectivity index (χ4n) is 2.98. The Morgan fingerprint density at radius 1 is 0.900 bits per heavy atom.